The van der Waals surface area contributed by atoms with Crippen molar-refractivity contribution in [2.75, 3.05) is 11.9 Å². The van der Waals surface area contributed by atoms with Gasteiger partial charge in [0.25, 0.3) is 5.69 Å². The number of carbonyl (C=O) groups is 2. The van der Waals surface area contributed by atoms with E-state index >= 15 is 0 Å². The van der Waals surface area contributed by atoms with Gasteiger partial charge < -0.3 is 15.5 Å². The summed E-state index contributed by atoms with van der Waals surface area (Å²) in [4.78, 5) is 38.0. The topological polar surface area (TPSA) is 105 Å². The van der Waals surface area contributed by atoms with Crippen LogP contribution in [0.3, 0.4) is 0 Å². The second-order valence-corrected chi connectivity index (χ2v) is 6.89. The Hall–Kier alpha value is -2.94. The Morgan fingerprint density at radius 1 is 1.27 bits per heavy atom. The number of para-hydroxylation sites is 2. The van der Waals surface area contributed by atoms with Crippen LogP contribution in [0.15, 0.2) is 41.8 Å². The Balaban J connectivity index is 1.65. The van der Waals surface area contributed by atoms with E-state index in [0.717, 1.165) is 4.88 Å². The highest BCUT2D eigenvalue weighted by Gasteiger charge is 2.34. The monoisotopic (exact) mass is 374 g/mol. The van der Waals surface area contributed by atoms with Gasteiger partial charge in [-0.15, -0.1) is 11.3 Å². The minimum absolute atomic E-state index is 0.118. The molecule has 136 valence electrons. The summed E-state index contributed by atoms with van der Waals surface area (Å²) in [6, 6.07) is 8.70. The third-order valence-electron chi connectivity index (χ3n) is 4.18. The van der Waals surface area contributed by atoms with Crippen molar-refractivity contribution in [3.63, 3.8) is 0 Å². The minimum atomic E-state index is -0.572. The maximum absolute atomic E-state index is 12.6. The number of benzene rings is 1. The Kier molecular flexibility index (Phi) is 5.47. The number of nitro groups is 1. The summed E-state index contributed by atoms with van der Waals surface area (Å²) in [7, 11) is 0. The van der Waals surface area contributed by atoms with Crippen LogP contribution in [0, 0.1) is 10.1 Å². The first-order chi connectivity index (χ1) is 12.6. The quantitative estimate of drug-likeness (QED) is 0.620. The number of nitrogens with zero attached hydrogens (tertiary/aromatic N) is 2. The molecule has 26 heavy (non-hydrogen) atoms. The van der Waals surface area contributed by atoms with Gasteiger partial charge in [0.2, 0.25) is 5.91 Å². The number of nitrogens with one attached hydrogen (secondary N) is 2. The molecule has 0 spiro atoms. The molecule has 0 bridgehead atoms. The average molecular weight is 374 g/mol. The lowest BCUT2D eigenvalue weighted by atomic mass is 10.2. The number of carbonyl (C=O) groups excluding carboxylic acids is 2. The minimum Gasteiger partial charge on any atom is -0.349 e. The lowest BCUT2D eigenvalue weighted by molar-refractivity contribution is -0.383. The van der Waals surface area contributed by atoms with E-state index in [2.05, 4.69) is 10.6 Å². The van der Waals surface area contributed by atoms with Crippen molar-refractivity contribution in [1.82, 2.24) is 10.2 Å². The van der Waals surface area contributed by atoms with E-state index < -0.39 is 17.0 Å². The summed E-state index contributed by atoms with van der Waals surface area (Å²) in [6.45, 7) is 0.857. The van der Waals surface area contributed by atoms with Crippen molar-refractivity contribution in [1.29, 1.82) is 0 Å². The number of rotatable bonds is 5. The van der Waals surface area contributed by atoms with Gasteiger partial charge in [-0.2, -0.15) is 0 Å². The zero-order valence-electron chi connectivity index (χ0n) is 13.9. The third-order valence-corrected chi connectivity index (χ3v) is 5.05. The van der Waals surface area contributed by atoms with Crippen LogP contribution in [0.5, 0.6) is 0 Å². The maximum atomic E-state index is 12.6. The zero-order chi connectivity index (χ0) is 18.5. The smallest absolute Gasteiger partial charge is 0.322 e. The van der Waals surface area contributed by atoms with Gasteiger partial charge in [0.05, 0.1) is 11.5 Å². The van der Waals surface area contributed by atoms with Gasteiger partial charge in [-0.3, -0.25) is 14.9 Å². The molecule has 2 N–H and O–H groups in total. The molecule has 0 aliphatic carbocycles. The maximum Gasteiger partial charge on any atom is 0.322 e. The lowest BCUT2D eigenvalue weighted by Gasteiger charge is -2.24. The molecule has 0 unspecified atom stereocenters. The number of thiophene rings is 1. The molecule has 8 nitrogen and oxygen atoms in total. The van der Waals surface area contributed by atoms with E-state index in [1.165, 1.54) is 23.1 Å². The molecule has 1 aliphatic rings. The fourth-order valence-corrected chi connectivity index (χ4v) is 3.56. The van der Waals surface area contributed by atoms with Gasteiger partial charge in [0.15, 0.2) is 0 Å². The highest BCUT2D eigenvalue weighted by Crippen LogP contribution is 2.25. The molecule has 1 saturated heterocycles. The SMILES string of the molecule is O=C(NCc1cccs1)[C@@H]1CCCN1C(=O)Nc1ccccc1[N+](=O)[O-]. The van der Waals surface area contributed by atoms with Crippen molar-refractivity contribution in [3.05, 3.63) is 56.8 Å². The van der Waals surface area contributed by atoms with E-state index in [-0.39, 0.29) is 17.3 Å². The van der Waals surface area contributed by atoms with Crippen LogP contribution in [0.1, 0.15) is 17.7 Å². The average Bonchev–Trinajstić information content (AvgIpc) is 3.31. The molecule has 1 fully saturated rings. The van der Waals surface area contributed by atoms with Gasteiger partial charge in [-0.1, -0.05) is 18.2 Å². The third kappa shape index (κ3) is 3.99. The number of nitro benzene ring substituents is 1. The molecule has 2 aromatic rings. The number of anilines is 1. The first-order valence-corrected chi connectivity index (χ1v) is 9.05. The largest absolute Gasteiger partial charge is 0.349 e. The Morgan fingerprint density at radius 2 is 2.08 bits per heavy atom. The lowest BCUT2D eigenvalue weighted by Crippen LogP contribution is -2.47. The van der Waals surface area contributed by atoms with E-state index in [1.807, 2.05) is 17.5 Å². The molecule has 1 atom stereocenters. The van der Waals surface area contributed by atoms with E-state index in [4.69, 9.17) is 0 Å². The van der Waals surface area contributed by atoms with Gasteiger partial charge in [0.1, 0.15) is 11.7 Å². The molecule has 2 heterocycles. The first-order valence-electron chi connectivity index (χ1n) is 8.17. The van der Waals surface area contributed by atoms with Crippen molar-refractivity contribution in [2.24, 2.45) is 0 Å². The van der Waals surface area contributed by atoms with Crippen LogP contribution in [-0.4, -0.2) is 34.3 Å². The van der Waals surface area contributed by atoms with Crippen LogP contribution in [0.2, 0.25) is 0 Å². The second-order valence-electron chi connectivity index (χ2n) is 5.85. The highest BCUT2D eigenvalue weighted by molar-refractivity contribution is 7.09. The number of likely N-dealkylation sites (tertiary alicyclic amines) is 1. The molecule has 1 aromatic heterocycles. The second kappa shape index (κ2) is 7.96. The highest BCUT2D eigenvalue weighted by atomic mass is 32.1. The Morgan fingerprint density at radius 3 is 2.81 bits per heavy atom. The van der Waals surface area contributed by atoms with Crippen molar-refractivity contribution < 1.29 is 14.5 Å². The zero-order valence-corrected chi connectivity index (χ0v) is 14.7. The van der Waals surface area contributed by atoms with Crippen molar-refractivity contribution >= 4 is 34.6 Å². The van der Waals surface area contributed by atoms with Crippen LogP contribution < -0.4 is 10.6 Å². The van der Waals surface area contributed by atoms with E-state index in [0.29, 0.717) is 25.9 Å². The van der Waals surface area contributed by atoms with Crippen LogP contribution in [0.25, 0.3) is 0 Å². The molecular weight excluding hydrogens is 356 g/mol. The molecule has 0 radical (unpaired) electrons. The van der Waals surface area contributed by atoms with Gasteiger partial charge >= 0.3 is 6.03 Å². The van der Waals surface area contributed by atoms with Gasteiger partial charge in [-0.05, 0) is 30.4 Å². The van der Waals surface area contributed by atoms with Crippen molar-refractivity contribution in [2.45, 2.75) is 25.4 Å². The number of amides is 3. The molecule has 3 rings (SSSR count). The summed E-state index contributed by atoms with van der Waals surface area (Å²) < 4.78 is 0. The molecule has 1 aliphatic heterocycles. The summed E-state index contributed by atoms with van der Waals surface area (Å²) in [6.07, 6.45) is 1.28. The van der Waals surface area contributed by atoms with E-state index in [1.54, 1.807) is 17.4 Å². The number of hydrogen-bond acceptors (Lipinski definition) is 5. The van der Waals surface area contributed by atoms with Gasteiger partial charge in [0, 0.05) is 17.5 Å². The number of hydrogen-bond donors (Lipinski definition) is 2. The fourth-order valence-electron chi connectivity index (χ4n) is 2.91. The van der Waals surface area contributed by atoms with Crippen LogP contribution >= 0.6 is 11.3 Å². The van der Waals surface area contributed by atoms with Gasteiger partial charge in [-0.25, -0.2) is 4.79 Å². The Bertz CT molecular complexity index is 809. The molecule has 3 amide bonds. The molecule has 1 aromatic carbocycles. The van der Waals surface area contributed by atoms with Crippen LogP contribution in [-0.2, 0) is 11.3 Å². The summed E-state index contributed by atoms with van der Waals surface area (Å²) in [5.74, 6) is -0.214. The Labute approximate surface area is 154 Å². The number of urea groups is 1. The van der Waals surface area contributed by atoms with Crippen molar-refractivity contribution in [3.8, 4) is 0 Å². The summed E-state index contributed by atoms with van der Waals surface area (Å²) in [5, 5.41) is 18.4. The first kappa shape index (κ1) is 17.9. The standard InChI is InChI=1S/C17H18N4O4S/c22-16(18-11-12-5-4-10-26-12)15-8-3-9-20(15)17(23)19-13-6-1-2-7-14(13)21(24)25/h1-2,4-7,10,15H,3,8-9,11H2,(H,18,22)(H,19,23)/t15-/m0/s1. The summed E-state index contributed by atoms with van der Waals surface area (Å²) >= 11 is 1.55. The molecule has 0 saturated carbocycles. The van der Waals surface area contributed by atoms with Crippen LogP contribution in [0.4, 0.5) is 16.2 Å². The fraction of sp³-hybridized carbons (Fsp3) is 0.294. The normalized spacial score (nSPS) is 16.3. The summed E-state index contributed by atoms with van der Waals surface area (Å²) in [5.41, 5.74) is -0.0640. The predicted octanol–water partition coefficient (Wildman–Crippen LogP) is 2.97. The predicted molar refractivity (Wildman–Crippen MR) is 98.0 cm³/mol. The van der Waals surface area contributed by atoms with E-state index in [9.17, 15) is 19.7 Å². The molecule has 9 heteroatoms. The molecular formula is C17H18N4O4S.